The third-order valence-corrected chi connectivity index (χ3v) is 3.17. The van der Waals surface area contributed by atoms with Crippen LogP contribution < -0.4 is 0 Å². The van der Waals surface area contributed by atoms with Gasteiger partial charge in [0.05, 0.1) is 12.2 Å². The molecule has 18 heavy (non-hydrogen) atoms. The lowest BCUT2D eigenvalue weighted by atomic mass is 10.0. The molecule has 1 unspecified atom stereocenters. The first kappa shape index (κ1) is 14.7. The van der Waals surface area contributed by atoms with Crippen molar-refractivity contribution in [1.29, 1.82) is 0 Å². The Kier molecular flexibility index (Phi) is 5.31. The number of aromatic carboxylic acids is 1. The van der Waals surface area contributed by atoms with Gasteiger partial charge in [0.2, 0.25) is 0 Å². The molecule has 4 nitrogen and oxygen atoms in total. The molecule has 0 spiro atoms. The summed E-state index contributed by atoms with van der Waals surface area (Å²) in [5.74, 6) is -0.884. The van der Waals surface area contributed by atoms with E-state index >= 15 is 0 Å². The average Bonchev–Trinajstić information content (AvgIpc) is 2.31. The molecule has 0 bridgehead atoms. The number of hydrogen-bond acceptors (Lipinski definition) is 3. The van der Waals surface area contributed by atoms with Crippen LogP contribution >= 0.6 is 0 Å². The number of hydrogen-bond donors (Lipinski definition) is 1. The van der Waals surface area contributed by atoms with E-state index in [4.69, 9.17) is 9.84 Å². The van der Waals surface area contributed by atoms with Crippen LogP contribution in [0.15, 0.2) is 18.2 Å². The molecule has 0 fully saturated rings. The summed E-state index contributed by atoms with van der Waals surface area (Å²) in [4.78, 5) is 13.0. The van der Waals surface area contributed by atoms with Crippen molar-refractivity contribution in [2.45, 2.75) is 26.4 Å². The van der Waals surface area contributed by atoms with Crippen LogP contribution in [0.4, 0.5) is 0 Å². The van der Waals surface area contributed by atoms with Crippen molar-refractivity contribution >= 4 is 5.97 Å². The topological polar surface area (TPSA) is 49.8 Å². The minimum Gasteiger partial charge on any atom is -0.478 e. The third kappa shape index (κ3) is 3.82. The fraction of sp³-hybridized carbons (Fsp3) is 0.500. The van der Waals surface area contributed by atoms with Crippen LogP contribution in [0.2, 0.25) is 0 Å². The van der Waals surface area contributed by atoms with Crippen LogP contribution in [-0.4, -0.2) is 42.8 Å². The van der Waals surface area contributed by atoms with Gasteiger partial charge >= 0.3 is 5.97 Å². The van der Waals surface area contributed by atoms with Gasteiger partial charge in [-0.25, -0.2) is 4.79 Å². The number of nitrogens with zero attached hydrogens (tertiary/aromatic N) is 1. The van der Waals surface area contributed by atoms with E-state index in [2.05, 4.69) is 11.8 Å². The summed E-state index contributed by atoms with van der Waals surface area (Å²) in [5, 5.41) is 8.91. The highest BCUT2D eigenvalue weighted by molar-refractivity contribution is 5.87. The van der Waals surface area contributed by atoms with Crippen LogP contribution in [0, 0.1) is 6.92 Å². The molecule has 1 aromatic rings. The van der Waals surface area contributed by atoms with Gasteiger partial charge in [0.25, 0.3) is 0 Å². The smallest absolute Gasteiger partial charge is 0.335 e. The lowest BCUT2D eigenvalue weighted by Gasteiger charge is -2.24. The van der Waals surface area contributed by atoms with Gasteiger partial charge in [-0.3, -0.25) is 4.90 Å². The van der Waals surface area contributed by atoms with Crippen molar-refractivity contribution in [2.75, 3.05) is 20.8 Å². The van der Waals surface area contributed by atoms with Gasteiger partial charge in [-0.1, -0.05) is 6.07 Å². The molecule has 1 rings (SSSR count). The maximum atomic E-state index is 10.9. The molecule has 0 heterocycles. The monoisotopic (exact) mass is 251 g/mol. The number of carboxylic acid groups (broad SMARTS) is 1. The van der Waals surface area contributed by atoms with Gasteiger partial charge in [-0.15, -0.1) is 0 Å². The molecule has 0 radical (unpaired) electrons. The van der Waals surface area contributed by atoms with Gasteiger partial charge in [0, 0.05) is 19.7 Å². The number of rotatable bonds is 6. The summed E-state index contributed by atoms with van der Waals surface area (Å²) in [6.07, 6.45) is 0. The van der Waals surface area contributed by atoms with Gasteiger partial charge in [-0.2, -0.15) is 0 Å². The maximum absolute atomic E-state index is 10.9. The van der Waals surface area contributed by atoms with Crippen molar-refractivity contribution in [3.63, 3.8) is 0 Å². The van der Waals surface area contributed by atoms with Gasteiger partial charge in [0.1, 0.15) is 0 Å². The summed E-state index contributed by atoms with van der Waals surface area (Å²) in [6.45, 7) is 5.51. The zero-order chi connectivity index (χ0) is 13.7. The number of likely N-dealkylation sites (N-methyl/N-ethyl adjacent to an activating group) is 1. The zero-order valence-corrected chi connectivity index (χ0v) is 11.4. The molecule has 0 aromatic heterocycles. The lowest BCUT2D eigenvalue weighted by molar-refractivity contribution is 0.0696. The van der Waals surface area contributed by atoms with E-state index in [9.17, 15) is 4.79 Å². The van der Waals surface area contributed by atoms with E-state index in [-0.39, 0.29) is 0 Å². The second kappa shape index (κ2) is 6.52. The van der Waals surface area contributed by atoms with E-state index in [1.165, 1.54) is 0 Å². The van der Waals surface area contributed by atoms with Crippen molar-refractivity contribution < 1.29 is 14.6 Å². The van der Waals surface area contributed by atoms with E-state index < -0.39 is 5.97 Å². The van der Waals surface area contributed by atoms with Gasteiger partial charge < -0.3 is 9.84 Å². The Morgan fingerprint density at radius 3 is 2.67 bits per heavy atom. The van der Waals surface area contributed by atoms with Crippen LogP contribution in [0.3, 0.4) is 0 Å². The summed E-state index contributed by atoms with van der Waals surface area (Å²) in [7, 11) is 3.73. The molecule has 1 aromatic carbocycles. The molecule has 1 atom stereocenters. The number of ether oxygens (including phenoxy) is 1. The predicted octanol–water partition coefficient (Wildman–Crippen LogP) is 2.16. The van der Waals surface area contributed by atoms with Crippen LogP contribution in [0.1, 0.15) is 28.4 Å². The maximum Gasteiger partial charge on any atom is 0.335 e. The summed E-state index contributed by atoms with van der Waals surface area (Å²) < 4.78 is 5.12. The Labute approximate surface area is 108 Å². The minimum absolute atomic E-state index is 0.327. The number of aryl methyl sites for hydroxylation is 1. The highest BCUT2D eigenvalue weighted by atomic mass is 16.5. The molecular formula is C14H21NO3. The second-order valence-corrected chi connectivity index (χ2v) is 4.67. The number of carbonyl (C=O) groups is 1. The first-order valence-electron chi connectivity index (χ1n) is 5.97. The molecular weight excluding hydrogens is 230 g/mol. The second-order valence-electron chi connectivity index (χ2n) is 4.67. The first-order chi connectivity index (χ1) is 8.45. The zero-order valence-electron chi connectivity index (χ0n) is 11.4. The quantitative estimate of drug-likeness (QED) is 0.841. The molecule has 0 saturated carbocycles. The molecule has 0 aliphatic carbocycles. The minimum atomic E-state index is -0.884. The number of benzene rings is 1. The average molecular weight is 251 g/mol. The molecule has 1 N–H and O–H groups in total. The van der Waals surface area contributed by atoms with Crippen molar-refractivity contribution in [2.24, 2.45) is 0 Å². The largest absolute Gasteiger partial charge is 0.478 e. The molecule has 0 saturated heterocycles. The SMILES string of the molecule is COCC(C)N(C)Cc1ccc(C(=O)O)cc1C. The van der Waals surface area contributed by atoms with Crippen LogP contribution in [0.5, 0.6) is 0 Å². The molecule has 4 heteroatoms. The molecule has 0 amide bonds. The number of carboxylic acids is 1. The van der Waals surface area contributed by atoms with Gasteiger partial charge in [-0.05, 0) is 44.2 Å². The first-order valence-corrected chi connectivity index (χ1v) is 5.97. The van der Waals surface area contributed by atoms with Crippen molar-refractivity contribution in [1.82, 2.24) is 4.90 Å². The summed E-state index contributed by atoms with van der Waals surface area (Å²) >= 11 is 0. The molecule has 0 aliphatic heterocycles. The Morgan fingerprint density at radius 2 is 2.17 bits per heavy atom. The highest BCUT2D eigenvalue weighted by Gasteiger charge is 2.11. The lowest BCUT2D eigenvalue weighted by Crippen LogP contribution is -2.32. The van der Waals surface area contributed by atoms with Crippen molar-refractivity contribution in [3.8, 4) is 0 Å². The summed E-state index contributed by atoms with van der Waals surface area (Å²) in [6, 6.07) is 5.58. The van der Waals surface area contributed by atoms with E-state index in [0.29, 0.717) is 18.2 Å². The van der Waals surface area contributed by atoms with E-state index in [1.807, 2.05) is 20.0 Å². The summed E-state index contributed by atoms with van der Waals surface area (Å²) in [5.41, 5.74) is 2.49. The molecule has 100 valence electrons. The third-order valence-electron chi connectivity index (χ3n) is 3.17. The highest BCUT2D eigenvalue weighted by Crippen LogP contribution is 2.14. The normalized spacial score (nSPS) is 12.7. The van der Waals surface area contributed by atoms with E-state index in [0.717, 1.165) is 17.7 Å². The Morgan fingerprint density at radius 1 is 1.50 bits per heavy atom. The number of methoxy groups -OCH3 is 1. The molecule has 0 aliphatic rings. The van der Waals surface area contributed by atoms with E-state index in [1.54, 1.807) is 19.2 Å². The van der Waals surface area contributed by atoms with Crippen molar-refractivity contribution in [3.05, 3.63) is 34.9 Å². The van der Waals surface area contributed by atoms with Gasteiger partial charge in [0.15, 0.2) is 0 Å². The Hall–Kier alpha value is -1.39. The fourth-order valence-electron chi connectivity index (χ4n) is 1.80. The Bertz CT molecular complexity index is 418. The standard InChI is InChI=1S/C14H21NO3/c1-10-7-12(14(16)17)5-6-13(10)8-15(3)11(2)9-18-4/h5-7,11H,8-9H2,1-4H3,(H,16,17). The van der Waals surface area contributed by atoms with Crippen LogP contribution in [0.25, 0.3) is 0 Å². The Balaban J connectivity index is 2.76. The van der Waals surface area contributed by atoms with Crippen LogP contribution in [-0.2, 0) is 11.3 Å². The fourth-order valence-corrected chi connectivity index (χ4v) is 1.80. The predicted molar refractivity (Wildman–Crippen MR) is 70.9 cm³/mol.